The Morgan fingerprint density at radius 3 is 1.93 bits per heavy atom. The van der Waals surface area contributed by atoms with Crippen molar-refractivity contribution in [2.75, 3.05) is 0 Å². The summed E-state index contributed by atoms with van der Waals surface area (Å²) in [5, 5.41) is 2.03. The van der Waals surface area contributed by atoms with Crippen molar-refractivity contribution < 1.29 is 24.5 Å². The second kappa shape index (κ2) is 21.4. The van der Waals surface area contributed by atoms with Gasteiger partial charge in [-0.05, 0) is 69.0 Å². The minimum atomic E-state index is -1.86. The second-order valence-electron chi connectivity index (χ2n) is 21.7. The molecule has 0 aliphatic carbocycles. The van der Waals surface area contributed by atoms with E-state index in [0.717, 1.165) is 62.1 Å². The van der Waals surface area contributed by atoms with Crippen LogP contribution in [0.1, 0.15) is 83.7 Å². The maximum atomic E-state index is 6.65. The third-order valence-electron chi connectivity index (χ3n) is 13.7. The number of para-hydroxylation sites is 2. The summed E-state index contributed by atoms with van der Waals surface area (Å²) in [5.74, 6) is 9.62. The monoisotopic (exact) mass is 1170 g/mol. The summed E-state index contributed by atoms with van der Waals surface area (Å²) in [6, 6.07) is 60.3. The zero-order valence-electron chi connectivity index (χ0n) is 43.2. The summed E-state index contributed by atoms with van der Waals surface area (Å²) in [7, 11) is 0. The van der Waals surface area contributed by atoms with Crippen molar-refractivity contribution in [2.45, 2.75) is 97.0 Å². The molecule has 10 rings (SSSR count). The first kappa shape index (κ1) is 51.4. The Kier molecular flexibility index (Phi) is 15.5. The summed E-state index contributed by atoms with van der Waals surface area (Å²) in [5.41, 5.74) is 16.3. The molecule has 0 spiro atoms. The first-order valence-corrected chi connectivity index (χ1v) is 32.3. The number of fused-ring (bicyclic) bond motifs is 4. The summed E-state index contributed by atoms with van der Waals surface area (Å²) >= 11 is -1.86. The molecule has 1 atom stereocenters. The molecule has 4 heterocycles. The molecule has 0 saturated heterocycles. The first-order chi connectivity index (χ1) is 33.5. The van der Waals surface area contributed by atoms with Gasteiger partial charge < -0.3 is 8.98 Å². The SMILES string of the molecule is CC(C)C(C)c1ccc2c(n1)oc1c(-c3nc4ccccc4n3Cc3c(-c4ccccc4)cc(C(C)(C)C)cc3-c3ccccc3)[c-]ccc12.CC(C)Cc1cc(-c2[c-]cccc2)nc[c]1[Ge]([CH3])([CH3])[CH3].[Ir]. The zero-order valence-corrected chi connectivity index (χ0v) is 47.7. The van der Waals surface area contributed by atoms with E-state index in [4.69, 9.17) is 19.4 Å². The zero-order chi connectivity index (χ0) is 49.3. The number of imidazole rings is 1. The average Bonchev–Trinajstić information content (AvgIpc) is 3.91. The van der Waals surface area contributed by atoms with Crippen LogP contribution in [0.3, 0.4) is 0 Å². The van der Waals surface area contributed by atoms with Gasteiger partial charge in [0.2, 0.25) is 5.71 Å². The molecule has 4 aromatic heterocycles. The van der Waals surface area contributed by atoms with Crippen molar-refractivity contribution in [3.8, 4) is 44.9 Å². The number of rotatable bonds is 11. The van der Waals surface area contributed by atoms with E-state index < -0.39 is 13.3 Å². The van der Waals surface area contributed by atoms with E-state index in [1.807, 2.05) is 24.3 Å². The molecule has 71 heavy (non-hydrogen) atoms. The molecule has 0 amide bonds. The molecule has 0 aliphatic rings. The standard InChI is InChI=1S/C46H42N3O.C18H24GeN.Ir/c1-29(2)30(3)40-25-24-35-34-20-15-21-36(43(34)50-45(35)48-40)44-47-41-22-13-14-23-42(41)49(44)28-39-37(31-16-9-7-10-17-31)26-33(46(4,5)6)27-38(39)32-18-11-8-12-19-32;1-14(2)11-16-12-18(15-9-7-6-8-10-15)20-13-17(16)19(3,4)5;/h7-20,22-27,29-30H,28H2,1-6H3;6-9,12-14H,11H2,1-5H3;/q2*-1;. The Hall–Kier alpha value is -5.92. The van der Waals surface area contributed by atoms with Gasteiger partial charge in [0.25, 0.3) is 0 Å². The van der Waals surface area contributed by atoms with Crippen LogP contribution >= 0.6 is 0 Å². The van der Waals surface area contributed by atoms with Crippen LogP contribution in [0.5, 0.6) is 0 Å². The second-order valence-corrected chi connectivity index (χ2v) is 32.3. The van der Waals surface area contributed by atoms with Crippen LogP contribution in [0.15, 0.2) is 162 Å². The minimum absolute atomic E-state index is 0. The van der Waals surface area contributed by atoms with Crippen LogP contribution in [-0.4, -0.2) is 32.8 Å². The average molecular weight is 1170 g/mol. The molecule has 1 radical (unpaired) electrons. The van der Waals surface area contributed by atoms with Crippen LogP contribution in [-0.2, 0) is 38.5 Å². The number of furan rings is 1. The van der Waals surface area contributed by atoms with E-state index in [1.165, 1.54) is 38.9 Å². The Balaban J connectivity index is 0.000000271. The van der Waals surface area contributed by atoms with E-state index >= 15 is 0 Å². The normalized spacial score (nSPS) is 12.4. The maximum Gasteiger partial charge on any atom is 0 e. The fourth-order valence-corrected chi connectivity index (χ4v) is 12.8. The molecular weight excluding hydrogens is 1110 g/mol. The topological polar surface area (TPSA) is 56.7 Å². The van der Waals surface area contributed by atoms with E-state index in [1.54, 1.807) is 4.40 Å². The number of pyridine rings is 2. The molecule has 7 heteroatoms. The molecule has 363 valence electrons. The van der Waals surface area contributed by atoms with Crippen LogP contribution in [0, 0.1) is 24.0 Å². The fraction of sp³-hybridized carbons (Fsp3) is 0.266. The largest absolute Gasteiger partial charge is 0 e. The number of hydrogen-bond acceptors (Lipinski definition) is 4. The molecular formula is C64H66GeIrN4O-2. The third-order valence-corrected chi connectivity index (χ3v) is 18.0. The summed E-state index contributed by atoms with van der Waals surface area (Å²) in [6.07, 6.45) is 3.27. The third kappa shape index (κ3) is 11.1. The predicted molar refractivity (Wildman–Crippen MR) is 297 cm³/mol. The Morgan fingerprint density at radius 2 is 1.32 bits per heavy atom. The van der Waals surface area contributed by atoms with Gasteiger partial charge in [-0.3, -0.25) is 4.98 Å². The van der Waals surface area contributed by atoms with E-state index in [2.05, 4.69) is 223 Å². The van der Waals surface area contributed by atoms with Gasteiger partial charge in [0.1, 0.15) is 0 Å². The molecule has 0 saturated carbocycles. The number of hydrogen-bond donors (Lipinski definition) is 0. The first-order valence-electron chi connectivity index (χ1n) is 25.0. The molecule has 0 bridgehead atoms. The van der Waals surface area contributed by atoms with Gasteiger partial charge in [0, 0.05) is 43.6 Å². The van der Waals surface area contributed by atoms with Gasteiger partial charge in [-0.25, -0.2) is 4.98 Å². The van der Waals surface area contributed by atoms with E-state index in [9.17, 15) is 0 Å². The summed E-state index contributed by atoms with van der Waals surface area (Å²) in [6.45, 7) is 18.7. The molecule has 0 fully saturated rings. The molecule has 0 aliphatic heterocycles. The predicted octanol–water partition coefficient (Wildman–Crippen LogP) is 16.5. The molecule has 1 unspecified atom stereocenters. The molecule has 6 aromatic carbocycles. The minimum Gasteiger partial charge on any atom is 0 e. The van der Waals surface area contributed by atoms with Crippen molar-refractivity contribution in [1.82, 2.24) is 19.5 Å². The van der Waals surface area contributed by atoms with Crippen molar-refractivity contribution in [3.05, 3.63) is 192 Å². The summed E-state index contributed by atoms with van der Waals surface area (Å²) in [4.78, 5) is 15.0. The maximum absolute atomic E-state index is 6.65. The number of benzene rings is 6. The Labute approximate surface area is 437 Å². The number of nitrogens with zero attached hydrogens (tertiary/aromatic N) is 4. The van der Waals surface area contributed by atoms with Crippen LogP contribution in [0.25, 0.3) is 78.0 Å². The van der Waals surface area contributed by atoms with Gasteiger partial charge in [-0.15, -0.1) is 18.2 Å². The molecule has 0 N–H and O–H groups in total. The van der Waals surface area contributed by atoms with E-state index in [-0.39, 0.29) is 25.5 Å². The fourth-order valence-electron chi connectivity index (χ4n) is 9.49. The molecule has 5 nitrogen and oxygen atoms in total. The number of aromatic nitrogens is 4. The van der Waals surface area contributed by atoms with Crippen LogP contribution < -0.4 is 4.40 Å². The van der Waals surface area contributed by atoms with Crippen molar-refractivity contribution in [2.24, 2.45) is 11.8 Å². The van der Waals surface area contributed by atoms with Gasteiger partial charge in [-0.2, -0.15) is 0 Å². The quantitative estimate of drug-likeness (QED) is 0.0957. The van der Waals surface area contributed by atoms with Crippen LogP contribution in [0.2, 0.25) is 17.3 Å². The van der Waals surface area contributed by atoms with Crippen molar-refractivity contribution >= 4 is 50.8 Å². The van der Waals surface area contributed by atoms with Gasteiger partial charge in [0.05, 0.1) is 22.4 Å². The Bertz CT molecular complexity index is 3360. The van der Waals surface area contributed by atoms with Gasteiger partial charge in [-0.1, -0.05) is 137 Å². The van der Waals surface area contributed by atoms with Crippen molar-refractivity contribution in [1.29, 1.82) is 0 Å². The van der Waals surface area contributed by atoms with Gasteiger partial charge in [0.15, 0.2) is 0 Å². The Morgan fingerprint density at radius 1 is 0.676 bits per heavy atom. The van der Waals surface area contributed by atoms with Crippen molar-refractivity contribution in [3.63, 3.8) is 0 Å². The smallest absolute Gasteiger partial charge is 0 e. The van der Waals surface area contributed by atoms with Crippen LogP contribution in [0.4, 0.5) is 0 Å². The summed E-state index contributed by atoms with van der Waals surface area (Å²) < 4.78 is 10.5. The van der Waals surface area contributed by atoms with Gasteiger partial charge >= 0.3 is 126 Å². The molecule has 10 aromatic rings. The van der Waals surface area contributed by atoms with E-state index in [0.29, 0.717) is 30.0 Å².